The Morgan fingerprint density at radius 1 is 1.56 bits per heavy atom. The quantitative estimate of drug-likeness (QED) is 0.670. The summed E-state index contributed by atoms with van der Waals surface area (Å²) in [5.74, 6) is 1.05. The average Bonchev–Trinajstić information content (AvgIpc) is 2.93. The van der Waals surface area contributed by atoms with E-state index in [1.54, 1.807) is 0 Å². The molecule has 1 aliphatic heterocycles. The fraction of sp³-hybridized carbons (Fsp3) is 0.583. The van der Waals surface area contributed by atoms with E-state index in [1.165, 1.54) is 0 Å². The Morgan fingerprint density at radius 3 is 3.25 bits per heavy atom. The fourth-order valence-corrected chi connectivity index (χ4v) is 3.18. The Balaban J connectivity index is 1.81. The van der Waals surface area contributed by atoms with Crippen LogP contribution in [0.3, 0.4) is 0 Å². The van der Waals surface area contributed by atoms with Crippen LogP contribution in [0.2, 0.25) is 0 Å². The van der Waals surface area contributed by atoms with Crippen molar-refractivity contribution in [3.63, 3.8) is 0 Å². The Labute approximate surface area is 101 Å². The predicted molar refractivity (Wildman–Crippen MR) is 66.9 cm³/mol. The molecule has 1 unspecified atom stereocenters. The van der Waals surface area contributed by atoms with E-state index in [4.69, 9.17) is 22.7 Å². The molecule has 3 N–H and O–H groups in total. The van der Waals surface area contributed by atoms with Gasteiger partial charge in [-0.2, -0.15) is 0 Å². The number of ether oxygens (including phenoxy) is 1. The molecular formula is C12H16N2OS. The van der Waals surface area contributed by atoms with Crippen LogP contribution < -0.4 is 11.1 Å². The topological polar surface area (TPSA) is 47.3 Å². The van der Waals surface area contributed by atoms with Gasteiger partial charge in [0.05, 0.1) is 18.8 Å². The first-order chi connectivity index (χ1) is 7.71. The Bertz CT molecular complexity index is 390. The van der Waals surface area contributed by atoms with Crippen molar-refractivity contribution in [3.05, 3.63) is 23.9 Å². The van der Waals surface area contributed by atoms with Gasteiger partial charge in [0.1, 0.15) is 4.99 Å². The van der Waals surface area contributed by atoms with Gasteiger partial charge in [0.2, 0.25) is 0 Å². The van der Waals surface area contributed by atoms with E-state index >= 15 is 0 Å². The molecule has 2 aliphatic carbocycles. The first-order valence-corrected chi connectivity index (χ1v) is 6.13. The first-order valence-electron chi connectivity index (χ1n) is 5.72. The molecule has 0 aromatic carbocycles. The smallest absolute Gasteiger partial charge is 0.102 e. The zero-order valence-corrected chi connectivity index (χ0v) is 9.93. The number of nitrogens with one attached hydrogen (secondary N) is 1. The first kappa shape index (κ1) is 10.3. The molecule has 1 saturated carbocycles. The molecule has 0 spiro atoms. The van der Waals surface area contributed by atoms with E-state index in [0.717, 1.165) is 30.1 Å². The number of fused-ring (bicyclic) bond motifs is 1. The minimum Gasteiger partial charge on any atom is -0.402 e. The number of nitrogens with two attached hydrogens (primary N) is 1. The van der Waals surface area contributed by atoms with Crippen molar-refractivity contribution in [2.24, 2.45) is 17.6 Å². The molecule has 1 heterocycles. The van der Waals surface area contributed by atoms with Crippen LogP contribution in [0.4, 0.5) is 0 Å². The highest BCUT2D eigenvalue weighted by Crippen LogP contribution is 2.52. The standard InChI is InChI=1S/C12H16N2OS/c13-10-3-1-2-8(4-10)12-5-9(12)6-15-7-11(16)14-12/h1-3,8-9H,4-7,13H2,(H,14,16)/t8?,9-,12+/m0/s1. The van der Waals surface area contributed by atoms with Crippen LogP contribution in [0.15, 0.2) is 23.9 Å². The molecular weight excluding hydrogens is 220 g/mol. The molecule has 4 heteroatoms. The van der Waals surface area contributed by atoms with Gasteiger partial charge in [-0.25, -0.2) is 0 Å². The summed E-state index contributed by atoms with van der Waals surface area (Å²) in [5, 5.41) is 3.49. The van der Waals surface area contributed by atoms with Gasteiger partial charge in [-0.1, -0.05) is 24.4 Å². The molecule has 1 saturated heterocycles. The maximum absolute atomic E-state index is 5.90. The van der Waals surface area contributed by atoms with E-state index in [2.05, 4.69) is 17.5 Å². The second-order valence-corrected chi connectivity index (χ2v) is 5.43. The number of rotatable bonds is 1. The van der Waals surface area contributed by atoms with E-state index in [1.807, 2.05) is 6.08 Å². The summed E-state index contributed by atoms with van der Waals surface area (Å²) < 4.78 is 5.53. The molecule has 0 amide bonds. The fourth-order valence-electron chi connectivity index (χ4n) is 2.90. The Hall–Kier alpha value is -0.870. The van der Waals surface area contributed by atoms with Crippen molar-refractivity contribution in [1.82, 2.24) is 5.32 Å². The molecule has 0 aromatic rings. The molecule has 3 nitrogen and oxygen atoms in total. The Morgan fingerprint density at radius 2 is 2.44 bits per heavy atom. The second kappa shape index (κ2) is 3.57. The van der Waals surface area contributed by atoms with Gasteiger partial charge in [-0.3, -0.25) is 0 Å². The third-order valence-electron chi connectivity index (χ3n) is 3.85. The lowest BCUT2D eigenvalue weighted by molar-refractivity contribution is 0.159. The summed E-state index contributed by atoms with van der Waals surface area (Å²) in [6, 6.07) is 0. The summed E-state index contributed by atoms with van der Waals surface area (Å²) in [5.41, 5.74) is 6.99. The monoisotopic (exact) mass is 236 g/mol. The second-order valence-electron chi connectivity index (χ2n) is 4.94. The van der Waals surface area contributed by atoms with Gasteiger partial charge in [-0.05, 0) is 18.9 Å². The van der Waals surface area contributed by atoms with Crippen molar-refractivity contribution < 1.29 is 4.74 Å². The van der Waals surface area contributed by atoms with Crippen molar-refractivity contribution in [2.75, 3.05) is 13.2 Å². The molecule has 2 fully saturated rings. The van der Waals surface area contributed by atoms with Crippen LogP contribution in [0.25, 0.3) is 0 Å². The van der Waals surface area contributed by atoms with E-state index in [-0.39, 0.29) is 5.54 Å². The van der Waals surface area contributed by atoms with Crippen LogP contribution in [0, 0.1) is 11.8 Å². The highest BCUT2D eigenvalue weighted by atomic mass is 32.1. The third-order valence-corrected chi connectivity index (χ3v) is 4.07. The number of thiocarbonyl (C=S) groups is 1. The van der Waals surface area contributed by atoms with Crippen LogP contribution in [-0.4, -0.2) is 23.7 Å². The van der Waals surface area contributed by atoms with Crippen LogP contribution in [0.1, 0.15) is 12.8 Å². The summed E-state index contributed by atoms with van der Waals surface area (Å²) in [6.45, 7) is 1.39. The summed E-state index contributed by atoms with van der Waals surface area (Å²) >= 11 is 5.26. The zero-order valence-electron chi connectivity index (χ0n) is 9.11. The number of allylic oxidation sites excluding steroid dienone is 3. The lowest BCUT2D eigenvalue weighted by atomic mass is 9.87. The van der Waals surface area contributed by atoms with Crippen LogP contribution in [0.5, 0.6) is 0 Å². The summed E-state index contributed by atoms with van der Waals surface area (Å²) in [7, 11) is 0. The van der Waals surface area contributed by atoms with E-state index in [0.29, 0.717) is 18.4 Å². The molecule has 86 valence electrons. The lowest BCUT2D eigenvalue weighted by Gasteiger charge is -2.28. The minimum atomic E-state index is 0.128. The highest BCUT2D eigenvalue weighted by Gasteiger charge is 2.59. The van der Waals surface area contributed by atoms with Crippen molar-refractivity contribution in [3.8, 4) is 0 Å². The molecule has 3 aliphatic rings. The molecule has 0 radical (unpaired) electrons. The van der Waals surface area contributed by atoms with Crippen molar-refractivity contribution >= 4 is 17.2 Å². The predicted octanol–water partition coefficient (Wildman–Crippen LogP) is 1.11. The van der Waals surface area contributed by atoms with Crippen LogP contribution in [-0.2, 0) is 4.74 Å². The number of hydrogen-bond acceptors (Lipinski definition) is 3. The molecule has 3 atom stereocenters. The summed E-state index contributed by atoms with van der Waals surface area (Å²) in [6.07, 6.45) is 8.37. The van der Waals surface area contributed by atoms with Crippen LogP contribution >= 0.6 is 12.2 Å². The van der Waals surface area contributed by atoms with Crippen molar-refractivity contribution in [1.29, 1.82) is 0 Å². The van der Waals surface area contributed by atoms with Crippen molar-refractivity contribution in [2.45, 2.75) is 18.4 Å². The van der Waals surface area contributed by atoms with Gasteiger partial charge < -0.3 is 15.8 Å². The highest BCUT2D eigenvalue weighted by molar-refractivity contribution is 7.80. The summed E-state index contributed by atoms with van der Waals surface area (Å²) in [4.78, 5) is 0.835. The van der Waals surface area contributed by atoms with Gasteiger partial charge in [-0.15, -0.1) is 0 Å². The lowest BCUT2D eigenvalue weighted by Crippen LogP contribution is -2.43. The largest absolute Gasteiger partial charge is 0.402 e. The molecule has 0 aromatic heterocycles. The van der Waals surface area contributed by atoms with Gasteiger partial charge in [0.15, 0.2) is 0 Å². The number of hydrogen-bond donors (Lipinski definition) is 2. The van der Waals surface area contributed by atoms with Gasteiger partial charge in [0, 0.05) is 17.5 Å². The molecule has 3 rings (SSSR count). The molecule has 0 bridgehead atoms. The van der Waals surface area contributed by atoms with E-state index < -0.39 is 0 Å². The molecule has 16 heavy (non-hydrogen) atoms. The van der Waals surface area contributed by atoms with E-state index in [9.17, 15) is 0 Å². The maximum Gasteiger partial charge on any atom is 0.102 e. The van der Waals surface area contributed by atoms with Gasteiger partial charge >= 0.3 is 0 Å². The average molecular weight is 236 g/mol. The van der Waals surface area contributed by atoms with Gasteiger partial charge in [0.25, 0.3) is 0 Å². The third kappa shape index (κ3) is 1.57. The maximum atomic E-state index is 5.90. The normalized spacial score (nSPS) is 41.8. The Kier molecular flexibility index (Phi) is 2.30. The zero-order chi connectivity index (χ0) is 11.2. The SMILES string of the molecule is NC1=CC=CC([C@]23C[C@H]2COCC(=S)N3)C1. The minimum absolute atomic E-state index is 0.128.